The van der Waals surface area contributed by atoms with Gasteiger partial charge < -0.3 is 15.4 Å². The molecule has 2 N–H and O–H groups in total. The van der Waals surface area contributed by atoms with Gasteiger partial charge in [-0.1, -0.05) is 45.0 Å². The summed E-state index contributed by atoms with van der Waals surface area (Å²) in [6.07, 6.45) is 0. The molecule has 0 bridgehead atoms. The van der Waals surface area contributed by atoms with E-state index in [-0.39, 0.29) is 23.8 Å². The second-order valence-electron chi connectivity index (χ2n) is 7.29. The third-order valence-electron chi connectivity index (χ3n) is 3.89. The van der Waals surface area contributed by atoms with Gasteiger partial charge in [-0.15, -0.1) is 0 Å². The van der Waals surface area contributed by atoms with Gasteiger partial charge >= 0.3 is 0 Å². The van der Waals surface area contributed by atoms with Gasteiger partial charge in [0.25, 0.3) is 5.91 Å². The van der Waals surface area contributed by atoms with Crippen LogP contribution in [0.3, 0.4) is 0 Å². The summed E-state index contributed by atoms with van der Waals surface area (Å²) in [4.78, 5) is 23.5. The quantitative estimate of drug-likeness (QED) is 0.843. The number of amides is 2. The molecule has 0 aliphatic heterocycles. The zero-order chi connectivity index (χ0) is 19.3. The van der Waals surface area contributed by atoms with Crippen molar-refractivity contribution >= 4 is 23.2 Å². The van der Waals surface area contributed by atoms with E-state index < -0.39 is 0 Å². The Bertz CT molecular complexity index is 807. The highest BCUT2D eigenvalue weighted by Crippen LogP contribution is 2.30. The Hall–Kier alpha value is -2.82. The van der Waals surface area contributed by atoms with Crippen molar-refractivity contribution < 1.29 is 14.3 Å². The van der Waals surface area contributed by atoms with Gasteiger partial charge in [0.2, 0.25) is 5.91 Å². The van der Waals surface area contributed by atoms with Gasteiger partial charge in [-0.2, -0.15) is 0 Å². The summed E-state index contributed by atoms with van der Waals surface area (Å²) in [5.41, 5.74) is 3.19. The summed E-state index contributed by atoms with van der Waals surface area (Å²) >= 11 is 0. The number of benzene rings is 2. The van der Waals surface area contributed by atoms with E-state index >= 15 is 0 Å². The number of carbonyl (C=O) groups is 2. The lowest BCUT2D eigenvalue weighted by molar-refractivity contribution is -0.118. The van der Waals surface area contributed by atoms with E-state index in [4.69, 9.17) is 4.74 Å². The minimum absolute atomic E-state index is 0.0721. The summed E-state index contributed by atoms with van der Waals surface area (Å²) in [6, 6.07) is 13.1. The van der Waals surface area contributed by atoms with E-state index in [9.17, 15) is 9.59 Å². The fraction of sp³-hybridized carbons (Fsp3) is 0.333. The lowest BCUT2D eigenvalue weighted by atomic mass is 9.86. The van der Waals surface area contributed by atoms with Crippen LogP contribution < -0.4 is 15.4 Å². The van der Waals surface area contributed by atoms with E-state index in [1.54, 1.807) is 12.1 Å². The molecule has 0 heterocycles. The molecule has 5 heteroatoms. The van der Waals surface area contributed by atoms with Crippen molar-refractivity contribution in [2.45, 2.75) is 40.0 Å². The van der Waals surface area contributed by atoms with Gasteiger partial charge in [-0.3, -0.25) is 9.59 Å². The number of hydrogen-bond donors (Lipinski definition) is 2. The van der Waals surface area contributed by atoms with E-state index in [1.165, 1.54) is 6.92 Å². The first-order valence-electron chi connectivity index (χ1n) is 8.57. The number of rotatable bonds is 5. The van der Waals surface area contributed by atoms with Crippen LogP contribution in [0, 0.1) is 6.92 Å². The van der Waals surface area contributed by atoms with Crippen LogP contribution in [0.4, 0.5) is 11.4 Å². The summed E-state index contributed by atoms with van der Waals surface area (Å²) in [7, 11) is 0. The minimum atomic E-state index is -0.258. The molecule has 0 fully saturated rings. The van der Waals surface area contributed by atoms with Crippen LogP contribution in [-0.4, -0.2) is 18.4 Å². The van der Waals surface area contributed by atoms with Crippen molar-refractivity contribution in [3.05, 3.63) is 53.6 Å². The van der Waals surface area contributed by atoms with Crippen LogP contribution in [0.1, 0.15) is 38.8 Å². The smallest absolute Gasteiger partial charge is 0.262 e. The average Bonchev–Trinajstić information content (AvgIpc) is 2.55. The first-order chi connectivity index (χ1) is 12.2. The molecule has 0 saturated carbocycles. The number of anilines is 2. The predicted octanol–water partition coefficient (Wildman–Crippen LogP) is 4.27. The Balaban J connectivity index is 2.03. The van der Waals surface area contributed by atoms with Gasteiger partial charge in [0.15, 0.2) is 6.61 Å². The Labute approximate surface area is 154 Å². The number of carbonyl (C=O) groups excluding carboxylic acids is 2. The standard InChI is InChI=1S/C21H26N2O3/c1-14-10-11-16(12-18(14)22-15(2)24)23-20(25)13-26-19-9-7-6-8-17(19)21(3,4)5/h6-12H,13H2,1-5H3,(H,22,24)(H,23,25). The molecular weight excluding hydrogens is 328 g/mol. The van der Waals surface area contributed by atoms with Crippen molar-refractivity contribution in [2.24, 2.45) is 0 Å². The molecule has 0 unspecified atom stereocenters. The van der Waals surface area contributed by atoms with Crippen LogP contribution >= 0.6 is 0 Å². The highest BCUT2D eigenvalue weighted by Gasteiger charge is 2.19. The molecule has 138 valence electrons. The van der Waals surface area contributed by atoms with Crippen molar-refractivity contribution in [3.8, 4) is 5.75 Å². The molecule has 0 saturated heterocycles. The average molecular weight is 354 g/mol. The first kappa shape index (κ1) is 19.5. The van der Waals surface area contributed by atoms with Gasteiger partial charge in [-0.05, 0) is 41.7 Å². The Morgan fingerprint density at radius 1 is 1.04 bits per heavy atom. The molecule has 0 aliphatic rings. The Kier molecular flexibility index (Phi) is 6.03. The summed E-state index contributed by atoms with van der Waals surface area (Å²) in [5.74, 6) is 0.294. The van der Waals surface area contributed by atoms with Gasteiger partial charge in [0, 0.05) is 18.3 Å². The molecule has 2 aromatic rings. The molecule has 2 rings (SSSR count). The fourth-order valence-electron chi connectivity index (χ4n) is 2.58. The normalized spacial score (nSPS) is 11.0. The SMILES string of the molecule is CC(=O)Nc1cc(NC(=O)COc2ccccc2C(C)(C)C)ccc1C. The van der Waals surface area contributed by atoms with Crippen LogP contribution in [0.2, 0.25) is 0 Å². The molecule has 26 heavy (non-hydrogen) atoms. The zero-order valence-corrected chi connectivity index (χ0v) is 16.0. The largest absolute Gasteiger partial charge is 0.483 e. The van der Waals surface area contributed by atoms with Gasteiger partial charge in [0.05, 0.1) is 0 Å². The number of hydrogen-bond acceptors (Lipinski definition) is 3. The van der Waals surface area contributed by atoms with Gasteiger partial charge in [0.1, 0.15) is 5.75 Å². The Morgan fingerprint density at radius 2 is 1.73 bits per heavy atom. The first-order valence-corrected chi connectivity index (χ1v) is 8.57. The van der Waals surface area contributed by atoms with E-state index in [0.29, 0.717) is 17.1 Å². The van der Waals surface area contributed by atoms with Crippen LogP contribution in [0.5, 0.6) is 5.75 Å². The number of nitrogens with one attached hydrogen (secondary N) is 2. The maximum Gasteiger partial charge on any atom is 0.262 e. The number of ether oxygens (including phenoxy) is 1. The van der Waals surface area contributed by atoms with Crippen molar-refractivity contribution in [1.29, 1.82) is 0 Å². The van der Waals surface area contributed by atoms with Crippen LogP contribution in [0.25, 0.3) is 0 Å². The van der Waals surface area contributed by atoms with Crippen molar-refractivity contribution in [3.63, 3.8) is 0 Å². The molecule has 5 nitrogen and oxygen atoms in total. The van der Waals surface area contributed by atoms with E-state index in [1.807, 2.05) is 37.3 Å². The lowest BCUT2D eigenvalue weighted by Gasteiger charge is -2.22. The monoisotopic (exact) mass is 354 g/mol. The van der Waals surface area contributed by atoms with Crippen molar-refractivity contribution in [1.82, 2.24) is 0 Å². The maximum absolute atomic E-state index is 12.2. The number of para-hydroxylation sites is 1. The summed E-state index contributed by atoms with van der Waals surface area (Å²) in [5, 5.41) is 5.54. The van der Waals surface area contributed by atoms with Crippen LogP contribution in [0.15, 0.2) is 42.5 Å². The molecule has 0 radical (unpaired) electrons. The molecule has 2 aromatic carbocycles. The lowest BCUT2D eigenvalue weighted by Crippen LogP contribution is -2.22. The molecular formula is C21H26N2O3. The third kappa shape index (κ3) is 5.34. The minimum Gasteiger partial charge on any atom is -0.483 e. The predicted molar refractivity (Wildman–Crippen MR) is 105 cm³/mol. The third-order valence-corrected chi connectivity index (χ3v) is 3.89. The summed E-state index contributed by atoms with van der Waals surface area (Å²) < 4.78 is 5.73. The highest BCUT2D eigenvalue weighted by molar-refractivity contribution is 5.94. The molecule has 0 aliphatic carbocycles. The molecule has 0 atom stereocenters. The maximum atomic E-state index is 12.2. The molecule has 0 spiro atoms. The fourth-order valence-corrected chi connectivity index (χ4v) is 2.58. The topological polar surface area (TPSA) is 67.4 Å². The highest BCUT2D eigenvalue weighted by atomic mass is 16.5. The number of aryl methyl sites for hydroxylation is 1. The Morgan fingerprint density at radius 3 is 2.38 bits per heavy atom. The molecule has 2 amide bonds. The van der Waals surface area contributed by atoms with Gasteiger partial charge in [-0.25, -0.2) is 0 Å². The second kappa shape index (κ2) is 8.04. The van der Waals surface area contributed by atoms with Crippen molar-refractivity contribution in [2.75, 3.05) is 17.2 Å². The summed E-state index contributed by atoms with van der Waals surface area (Å²) in [6.45, 7) is 9.56. The molecule has 0 aromatic heterocycles. The zero-order valence-electron chi connectivity index (χ0n) is 16.0. The van der Waals surface area contributed by atoms with Crippen LogP contribution in [-0.2, 0) is 15.0 Å². The second-order valence-corrected chi connectivity index (χ2v) is 7.29. The van der Waals surface area contributed by atoms with E-state index in [2.05, 4.69) is 31.4 Å². The van der Waals surface area contributed by atoms with E-state index in [0.717, 1.165) is 11.1 Å².